The number of carbonyl (C=O) groups excluding carboxylic acids is 2. The molecule has 3 aromatic rings. The van der Waals surface area contributed by atoms with Crippen molar-refractivity contribution in [3.05, 3.63) is 91.8 Å². The van der Waals surface area contributed by atoms with E-state index in [2.05, 4.69) is 0 Å². The minimum absolute atomic E-state index is 0.131. The number of benzene rings is 2. The van der Waals surface area contributed by atoms with Crippen LogP contribution in [0.25, 0.3) is 0 Å². The Balaban J connectivity index is 1.81. The molecule has 1 aromatic heterocycles. The number of methoxy groups -OCH3 is 1. The maximum Gasteiger partial charge on any atom is 0.255 e. The number of hydrogen-bond acceptors (Lipinski definition) is 4. The largest absolute Gasteiger partial charge is 0.385 e. The number of nitrogens with zero attached hydrogens (tertiary/aromatic N) is 2. The van der Waals surface area contributed by atoms with Gasteiger partial charge in [-0.3, -0.25) is 9.59 Å². The van der Waals surface area contributed by atoms with E-state index in [1.807, 2.05) is 17.5 Å². The van der Waals surface area contributed by atoms with Crippen molar-refractivity contribution in [2.24, 2.45) is 0 Å². The Kier molecular flexibility index (Phi) is 9.89. The highest BCUT2D eigenvalue weighted by atomic mass is 35.5. The summed E-state index contributed by atoms with van der Waals surface area (Å²) in [7, 11) is 1.58. The first-order chi connectivity index (χ1) is 16.4. The number of halogens is 3. The predicted molar refractivity (Wildman–Crippen MR) is 134 cm³/mol. The van der Waals surface area contributed by atoms with Crippen LogP contribution in [0.2, 0.25) is 10.0 Å². The molecular weight excluding hydrogens is 498 g/mol. The monoisotopic (exact) mass is 522 g/mol. The van der Waals surface area contributed by atoms with Crippen molar-refractivity contribution in [2.75, 3.05) is 26.8 Å². The van der Waals surface area contributed by atoms with E-state index in [1.165, 1.54) is 23.1 Å². The molecule has 9 heteroatoms. The summed E-state index contributed by atoms with van der Waals surface area (Å²) in [6.07, 6.45) is 0.559. The van der Waals surface area contributed by atoms with Crippen molar-refractivity contribution < 1.29 is 18.7 Å². The topological polar surface area (TPSA) is 49.9 Å². The molecule has 0 atom stereocenters. The second-order valence-corrected chi connectivity index (χ2v) is 9.53. The normalized spacial score (nSPS) is 10.8. The highest BCUT2D eigenvalue weighted by molar-refractivity contribution is 7.09. The molecule has 0 aliphatic heterocycles. The minimum Gasteiger partial charge on any atom is -0.385 e. The first-order valence-corrected chi connectivity index (χ1v) is 12.3. The fraction of sp³-hybridized carbons (Fsp3) is 0.280. The van der Waals surface area contributed by atoms with Gasteiger partial charge in [-0.1, -0.05) is 41.4 Å². The number of thiophene rings is 1. The average molecular weight is 523 g/mol. The van der Waals surface area contributed by atoms with Crippen LogP contribution in [0.4, 0.5) is 4.39 Å². The maximum atomic E-state index is 13.4. The summed E-state index contributed by atoms with van der Waals surface area (Å²) < 4.78 is 18.5. The summed E-state index contributed by atoms with van der Waals surface area (Å²) in [6, 6.07) is 14.6. The lowest BCUT2D eigenvalue weighted by molar-refractivity contribution is -0.133. The fourth-order valence-electron chi connectivity index (χ4n) is 3.38. The number of carbonyl (C=O) groups is 2. The van der Waals surface area contributed by atoms with Gasteiger partial charge in [0, 0.05) is 36.7 Å². The molecular formula is C25H25Cl2FN2O3S. The summed E-state index contributed by atoms with van der Waals surface area (Å²) in [5.41, 5.74) is 1.07. The molecule has 2 aromatic carbocycles. The lowest BCUT2D eigenvalue weighted by atomic mass is 10.1. The summed E-state index contributed by atoms with van der Waals surface area (Å²) >= 11 is 13.8. The Bertz CT molecular complexity index is 1090. The van der Waals surface area contributed by atoms with E-state index < -0.39 is 0 Å². The zero-order valence-corrected chi connectivity index (χ0v) is 21.0. The van der Waals surface area contributed by atoms with Crippen molar-refractivity contribution in [2.45, 2.75) is 19.5 Å². The van der Waals surface area contributed by atoms with Crippen LogP contribution < -0.4 is 0 Å². The maximum absolute atomic E-state index is 13.4. The zero-order valence-electron chi connectivity index (χ0n) is 18.7. The number of rotatable bonds is 11. The van der Waals surface area contributed by atoms with Gasteiger partial charge in [-0.15, -0.1) is 11.3 Å². The van der Waals surface area contributed by atoms with Gasteiger partial charge in [0.25, 0.3) is 5.91 Å². The van der Waals surface area contributed by atoms with E-state index in [-0.39, 0.29) is 34.8 Å². The first-order valence-electron chi connectivity index (χ1n) is 10.6. The van der Waals surface area contributed by atoms with Gasteiger partial charge in [0.15, 0.2) is 0 Å². The van der Waals surface area contributed by atoms with Gasteiger partial charge in [-0.2, -0.15) is 0 Å². The van der Waals surface area contributed by atoms with E-state index in [1.54, 1.807) is 47.6 Å². The third-order valence-corrected chi connectivity index (χ3v) is 6.53. The predicted octanol–water partition coefficient (Wildman–Crippen LogP) is 5.90. The second kappa shape index (κ2) is 12.9. The molecule has 0 aliphatic rings. The van der Waals surface area contributed by atoms with Gasteiger partial charge in [0.2, 0.25) is 5.91 Å². The van der Waals surface area contributed by atoms with Gasteiger partial charge in [-0.05, 0) is 53.8 Å². The molecule has 1 heterocycles. The molecule has 180 valence electrons. The Morgan fingerprint density at radius 1 is 1.03 bits per heavy atom. The van der Waals surface area contributed by atoms with Gasteiger partial charge >= 0.3 is 0 Å². The van der Waals surface area contributed by atoms with E-state index >= 15 is 0 Å². The molecule has 0 saturated heterocycles. The summed E-state index contributed by atoms with van der Waals surface area (Å²) in [4.78, 5) is 30.9. The molecule has 0 unspecified atom stereocenters. The first kappa shape index (κ1) is 26.2. The second-order valence-electron chi connectivity index (χ2n) is 7.65. The van der Waals surface area contributed by atoms with Crippen LogP contribution in [0.1, 0.15) is 27.2 Å². The van der Waals surface area contributed by atoms with Gasteiger partial charge < -0.3 is 14.5 Å². The van der Waals surface area contributed by atoms with Crippen LogP contribution in [0.3, 0.4) is 0 Å². The Morgan fingerprint density at radius 3 is 2.44 bits per heavy atom. The summed E-state index contributed by atoms with van der Waals surface area (Å²) in [6.45, 7) is 1.31. The van der Waals surface area contributed by atoms with Crippen LogP contribution in [0, 0.1) is 5.82 Å². The van der Waals surface area contributed by atoms with Crippen molar-refractivity contribution in [1.82, 2.24) is 9.80 Å². The van der Waals surface area contributed by atoms with Gasteiger partial charge in [0.1, 0.15) is 12.4 Å². The van der Waals surface area contributed by atoms with Gasteiger partial charge in [-0.25, -0.2) is 4.39 Å². The molecule has 3 rings (SSSR count). The third kappa shape index (κ3) is 7.53. The lowest BCUT2D eigenvalue weighted by Crippen LogP contribution is -2.43. The lowest BCUT2D eigenvalue weighted by Gasteiger charge is -2.28. The molecule has 2 amide bonds. The van der Waals surface area contributed by atoms with E-state index in [0.717, 1.165) is 10.4 Å². The molecule has 0 fully saturated rings. The van der Waals surface area contributed by atoms with Crippen LogP contribution in [0.15, 0.2) is 60.0 Å². The quantitative estimate of drug-likeness (QED) is 0.294. The zero-order chi connectivity index (χ0) is 24.5. The standard InChI is InChI=1S/C25H25Cl2FN2O3S/c1-33-12-3-11-29(25(32)22-10-7-19(26)14-23(22)27)17-24(31)30(16-21-4-2-13-34-21)15-18-5-8-20(28)9-6-18/h2,4-10,13-14H,3,11-12,15-17H2,1H3. The minimum atomic E-state index is -0.357. The fourth-order valence-corrected chi connectivity index (χ4v) is 4.59. The third-order valence-electron chi connectivity index (χ3n) is 5.12. The molecule has 5 nitrogen and oxygen atoms in total. The van der Waals surface area contributed by atoms with Crippen molar-refractivity contribution in [3.63, 3.8) is 0 Å². The Hall–Kier alpha value is -2.45. The van der Waals surface area contributed by atoms with Crippen molar-refractivity contribution in [3.8, 4) is 0 Å². The molecule has 0 N–H and O–H groups in total. The molecule has 34 heavy (non-hydrogen) atoms. The number of hydrogen-bond donors (Lipinski definition) is 0. The molecule has 0 bridgehead atoms. The summed E-state index contributed by atoms with van der Waals surface area (Å²) in [5.74, 6) is -0.924. The van der Waals surface area contributed by atoms with Crippen LogP contribution in [-0.2, 0) is 22.6 Å². The van der Waals surface area contributed by atoms with E-state index in [0.29, 0.717) is 37.7 Å². The molecule has 0 saturated carbocycles. The SMILES string of the molecule is COCCCN(CC(=O)N(Cc1ccc(F)cc1)Cc1cccs1)C(=O)c1ccc(Cl)cc1Cl. The highest BCUT2D eigenvalue weighted by Gasteiger charge is 2.24. The Labute approximate surface area is 212 Å². The smallest absolute Gasteiger partial charge is 0.255 e. The van der Waals surface area contributed by atoms with Crippen LogP contribution in [0.5, 0.6) is 0 Å². The summed E-state index contributed by atoms with van der Waals surface area (Å²) in [5, 5.41) is 2.59. The van der Waals surface area contributed by atoms with Gasteiger partial charge in [0.05, 0.1) is 17.1 Å². The van der Waals surface area contributed by atoms with Crippen molar-refractivity contribution in [1.29, 1.82) is 0 Å². The van der Waals surface area contributed by atoms with E-state index in [4.69, 9.17) is 27.9 Å². The molecule has 0 spiro atoms. The van der Waals surface area contributed by atoms with Crippen LogP contribution in [-0.4, -0.2) is 48.4 Å². The van der Waals surface area contributed by atoms with Crippen LogP contribution >= 0.6 is 34.5 Å². The highest BCUT2D eigenvalue weighted by Crippen LogP contribution is 2.23. The molecule has 0 aliphatic carbocycles. The van der Waals surface area contributed by atoms with Crippen molar-refractivity contribution >= 4 is 46.4 Å². The number of amides is 2. The number of ether oxygens (including phenoxy) is 1. The average Bonchev–Trinajstić information content (AvgIpc) is 3.32. The van der Waals surface area contributed by atoms with E-state index in [9.17, 15) is 14.0 Å². The molecule has 0 radical (unpaired) electrons. The Morgan fingerprint density at radius 2 is 1.79 bits per heavy atom.